The van der Waals surface area contributed by atoms with Crippen molar-refractivity contribution in [1.29, 1.82) is 0 Å². The Morgan fingerprint density at radius 1 is 0.844 bits per heavy atom. The van der Waals surface area contributed by atoms with Crippen LogP contribution in [0.4, 0.5) is 0 Å². The fourth-order valence-corrected chi connectivity index (χ4v) is 2.80. The van der Waals surface area contributed by atoms with E-state index in [0.717, 1.165) is 0 Å². The lowest BCUT2D eigenvalue weighted by Crippen LogP contribution is -2.61. The van der Waals surface area contributed by atoms with Crippen LogP contribution in [0.25, 0.3) is 0 Å². The number of aliphatic hydroxyl groups is 1. The number of carboxylic acid groups (broad SMARTS) is 1. The minimum atomic E-state index is -1.43. The lowest BCUT2D eigenvalue weighted by molar-refractivity contribution is -0.144. The molecule has 32 heavy (non-hydrogen) atoms. The lowest BCUT2D eigenvalue weighted by Gasteiger charge is -2.29. The molecule has 9 N–H and O–H groups in total. The molecule has 12 nitrogen and oxygen atoms in total. The molecule has 0 aliphatic carbocycles. The summed E-state index contributed by atoms with van der Waals surface area (Å²) in [6.07, 6.45) is -1.01. The van der Waals surface area contributed by atoms with Gasteiger partial charge in [0.1, 0.15) is 18.1 Å². The van der Waals surface area contributed by atoms with Gasteiger partial charge in [0.25, 0.3) is 0 Å². The maximum atomic E-state index is 12.8. The molecule has 0 aromatic heterocycles. The molecular weight excluding hydrogens is 422 g/mol. The van der Waals surface area contributed by atoms with Gasteiger partial charge in [0.2, 0.25) is 23.6 Å². The van der Waals surface area contributed by atoms with Gasteiger partial charge in [-0.2, -0.15) is 0 Å². The molecule has 12 heteroatoms. The van der Waals surface area contributed by atoms with Crippen LogP contribution < -0.4 is 27.4 Å². The summed E-state index contributed by atoms with van der Waals surface area (Å²) in [6, 6.07) is -4.81. The van der Waals surface area contributed by atoms with Gasteiger partial charge in [0.05, 0.1) is 12.1 Å². The Kier molecular flexibility index (Phi) is 12.5. The molecule has 4 amide bonds. The molecule has 0 spiro atoms. The van der Waals surface area contributed by atoms with Gasteiger partial charge >= 0.3 is 5.97 Å². The summed E-state index contributed by atoms with van der Waals surface area (Å²) in [6.45, 7) is 8.04. The molecule has 0 aromatic carbocycles. The predicted octanol–water partition coefficient (Wildman–Crippen LogP) is -1.80. The molecule has 0 saturated heterocycles. The van der Waals surface area contributed by atoms with Gasteiger partial charge in [0.15, 0.2) is 0 Å². The molecule has 0 aliphatic rings. The third kappa shape index (κ3) is 9.60. The second-order valence-corrected chi connectivity index (χ2v) is 8.28. The van der Waals surface area contributed by atoms with E-state index in [9.17, 15) is 34.2 Å². The lowest BCUT2D eigenvalue weighted by atomic mass is 9.96. The molecule has 0 rings (SSSR count). The van der Waals surface area contributed by atoms with Crippen molar-refractivity contribution >= 4 is 29.6 Å². The number of aliphatic hydroxyl groups excluding tert-OH is 1. The van der Waals surface area contributed by atoms with E-state index in [1.807, 2.05) is 0 Å². The van der Waals surface area contributed by atoms with Crippen molar-refractivity contribution in [1.82, 2.24) is 16.0 Å². The van der Waals surface area contributed by atoms with Crippen LogP contribution in [0.15, 0.2) is 0 Å². The van der Waals surface area contributed by atoms with Crippen LogP contribution in [0.5, 0.6) is 0 Å². The van der Waals surface area contributed by atoms with E-state index in [-0.39, 0.29) is 18.8 Å². The standard InChI is InChI=1S/C20H37N5O7/c1-6-10(4)15(18(29)23-14(9(2)3)20(31)32)24-19(30)16(11(5)26)25-17(28)12(21)7-8-13(22)27/h9-12,14-16,26H,6-8,21H2,1-5H3,(H2,22,27)(H,23,29)(H,24,30)(H,25,28)(H,31,32). The molecule has 0 aliphatic heterocycles. The monoisotopic (exact) mass is 459 g/mol. The third-order valence-corrected chi connectivity index (χ3v) is 5.12. The smallest absolute Gasteiger partial charge is 0.326 e. The molecule has 0 fully saturated rings. The summed E-state index contributed by atoms with van der Waals surface area (Å²) >= 11 is 0. The number of hydrogen-bond acceptors (Lipinski definition) is 7. The van der Waals surface area contributed by atoms with Gasteiger partial charge in [-0.15, -0.1) is 0 Å². The number of aliphatic carboxylic acids is 1. The van der Waals surface area contributed by atoms with Gasteiger partial charge in [-0.25, -0.2) is 4.79 Å². The van der Waals surface area contributed by atoms with Crippen molar-refractivity contribution in [3.05, 3.63) is 0 Å². The van der Waals surface area contributed by atoms with E-state index in [0.29, 0.717) is 6.42 Å². The Bertz CT molecular complexity index is 683. The number of carbonyl (C=O) groups excluding carboxylic acids is 4. The first-order chi connectivity index (χ1) is 14.7. The molecule has 184 valence electrons. The number of primary amides is 1. The van der Waals surface area contributed by atoms with Crippen LogP contribution in [0.3, 0.4) is 0 Å². The van der Waals surface area contributed by atoms with Crippen LogP contribution in [-0.4, -0.2) is 70.1 Å². The highest BCUT2D eigenvalue weighted by atomic mass is 16.4. The van der Waals surface area contributed by atoms with Crippen LogP contribution >= 0.6 is 0 Å². The van der Waals surface area contributed by atoms with Crippen LogP contribution in [0.1, 0.15) is 53.9 Å². The first kappa shape index (κ1) is 29.3. The summed E-state index contributed by atoms with van der Waals surface area (Å²) in [4.78, 5) is 60.1. The fourth-order valence-electron chi connectivity index (χ4n) is 2.80. The molecule has 0 bridgehead atoms. The van der Waals surface area contributed by atoms with E-state index in [2.05, 4.69) is 16.0 Å². The van der Waals surface area contributed by atoms with Gasteiger partial charge in [-0.3, -0.25) is 19.2 Å². The van der Waals surface area contributed by atoms with Crippen molar-refractivity contribution < 1.29 is 34.2 Å². The van der Waals surface area contributed by atoms with Gasteiger partial charge in [-0.1, -0.05) is 34.1 Å². The summed E-state index contributed by atoms with van der Waals surface area (Å²) in [7, 11) is 0. The Balaban J connectivity index is 5.44. The number of amides is 4. The van der Waals surface area contributed by atoms with Gasteiger partial charge in [0, 0.05) is 6.42 Å². The average molecular weight is 460 g/mol. The SMILES string of the molecule is CCC(C)C(NC(=O)C(NC(=O)C(N)CCC(N)=O)C(C)O)C(=O)NC(C(=O)O)C(C)C. The zero-order chi connectivity index (χ0) is 25.2. The van der Waals surface area contributed by atoms with Crippen molar-refractivity contribution in [2.75, 3.05) is 0 Å². The number of rotatable bonds is 14. The third-order valence-electron chi connectivity index (χ3n) is 5.12. The first-order valence-corrected chi connectivity index (χ1v) is 10.6. The number of nitrogens with one attached hydrogen (secondary N) is 3. The van der Waals surface area contributed by atoms with Crippen molar-refractivity contribution in [3.8, 4) is 0 Å². The number of carbonyl (C=O) groups is 5. The largest absolute Gasteiger partial charge is 0.480 e. The van der Waals surface area contributed by atoms with E-state index in [4.69, 9.17) is 11.5 Å². The topological polar surface area (TPSA) is 214 Å². The highest BCUT2D eigenvalue weighted by Gasteiger charge is 2.34. The number of carboxylic acids is 1. The number of nitrogens with two attached hydrogens (primary N) is 2. The van der Waals surface area contributed by atoms with E-state index < -0.39 is 65.8 Å². The maximum absolute atomic E-state index is 12.8. The van der Waals surface area contributed by atoms with Crippen molar-refractivity contribution in [2.45, 2.75) is 84.2 Å². The van der Waals surface area contributed by atoms with E-state index >= 15 is 0 Å². The van der Waals surface area contributed by atoms with Crippen molar-refractivity contribution in [3.63, 3.8) is 0 Å². The zero-order valence-corrected chi connectivity index (χ0v) is 19.3. The van der Waals surface area contributed by atoms with Gasteiger partial charge in [-0.05, 0) is 25.2 Å². The fraction of sp³-hybridized carbons (Fsp3) is 0.750. The molecule has 6 unspecified atom stereocenters. The molecule has 0 aromatic rings. The Labute approximate surface area is 187 Å². The predicted molar refractivity (Wildman–Crippen MR) is 116 cm³/mol. The second-order valence-electron chi connectivity index (χ2n) is 8.28. The summed E-state index contributed by atoms with van der Waals surface area (Å²) < 4.78 is 0. The minimum absolute atomic E-state index is 0.0427. The van der Waals surface area contributed by atoms with Crippen LogP contribution in [0, 0.1) is 11.8 Å². The summed E-state index contributed by atoms with van der Waals surface area (Å²) in [5, 5.41) is 26.6. The summed E-state index contributed by atoms with van der Waals surface area (Å²) in [5.41, 5.74) is 10.7. The number of hydrogen-bond donors (Lipinski definition) is 7. The Hall–Kier alpha value is -2.73. The first-order valence-electron chi connectivity index (χ1n) is 10.6. The molecular formula is C20H37N5O7. The molecule has 0 radical (unpaired) electrons. The van der Waals surface area contributed by atoms with Crippen LogP contribution in [-0.2, 0) is 24.0 Å². The minimum Gasteiger partial charge on any atom is -0.480 e. The molecule has 6 atom stereocenters. The highest BCUT2D eigenvalue weighted by molar-refractivity contribution is 5.94. The van der Waals surface area contributed by atoms with E-state index in [1.54, 1.807) is 27.7 Å². The van der Waals surface area contributed by atoms with Crippen molar-refractivity contribution in [2.24, 2.45) is 23.3 Å². The maximum Gasteiger partial charge on any atom is 0.326 e. The quantitative estimate of drug-likeness (QED) is 0.157. The Morgan fingerprint density at radius 2 is 1.31 bits per heavy atom. The zero-order valence-electron chi connectivity index (χ0n) is 19.3. The van der Waals surface area contributed by atoms with Gasteiger partial charge < -0.3 is 37.6 Å². The molecule has 0 saturated carbocycles. The second kappa shape index (κ2) is 13.6. The normalized spacial score (nSPS) is 16.8. The Morgan fingerprint density at radius 3 is 1.72 bits per heavy atom. The summed E-state index contributed by atoms with van der Waals surface area (Å²) in [5.74, 6) is -4.92. The molecule has 0 heterocycles. The van der Waals surface area contributed by atoms with Crippen LogP contribution in [0.2, 0.25) is 0 Å². The highest BCUT2D eigenvalue weighted by Crippen LogP contribution is 2.11. The average Bonchev–Trinajstić information content (AvgIpc) is 2.70. The van der Waals surface area contributed by atoms with E-state index in [1.165, 1.54) is 6.92 Å².